The fraction of sp³-hybridized carbons (Fsp3) is 0.909. The van der Waals surface area contributed by atoms with E-state index < -0.39 is 0 Å². The molecule has 142 valence electrons. The molecule has 0 spiro atoms. The Morgan fingerprint density at radius 3 is 2.12 bits per heavy atom. The SMILES string of the molecule is C/C=C\C[C@H](CCCCCCCCCCCCC)OC1CCCO1. The minimum absolute atomic E-state index is 0.0629. The average Bonchev–Trinajstić information content (AvgIpc) is 3.10. The summed E-state index contributed by atoms with van der Waals surface area (Å²) in [5.41, 5.74) is 0. The third-order valence-electron chi connectivity index (χ3n) is 5.00. The van der Waals surface area contributed by atoms with E-state index in [0.717, 1.165) is 25.9 Å². The van der Waals surface area contributed by atoms with Gasteiger partial charge in [0.25, 0.3) is 0 Å². The van der Waals surface area contributed by atoms with Crippen molar-refractivity contribution in [2.45, 2.75) is 123 Å². The zero-order chi connectivity index (χ0) is 17.3. The Kier molecular flexibility index (Phi) is 14.6. The summed E-state index contributed by atoms with van der Waals surface area (Å²) in [4.78, 5) is 0. The van der Waals surface area contributed by atoms with Crippen molar-refractivity contribution >= 4 is 0 Å². The van der Waals surface area contributed by atoms with Crippen LogP contribution in [-0.2, 0) is 9.47 Å². The molecule has 1 aliphatic rings. The molecule has 0 bridgehead atoms. The lowest BCUT2D eigenvalue weighted by molar-refractivity contribution is -0.144. The molecule has 1 saturated heterocycles. The quantitative estimate of drug-likeness (QED) is 0.219. The van der Waals surface area contributed by atoms with Crippen LogP contribution in [0.2, 0.25) is 0 Å². The Morgan fingerprint density at radius 1 is 0.958 bits per heavy atom. The number of hydrogen-bond donors (Lipinski definition) is 0. The van der Waals surface area contributed by atoms with Gasteiger partial charge in [-0.1, -0.05) is 89.7 Å². The lowest BCUT2D eigenvalue weighted by Gasteiger charge is -2.20. The topological polar surface area (TPSA) is 18.5 Å². The number of hydrogen-bond acceptors (Lipinski definition) is 2. The summed E-state index contributed by atoms with van der Waals surface area (Å²) in [6.07, 6.45) is 24.7. The predicted octanol–water partition coefficient (Wildman–Crippen LogP) is 7.18. The van der Waals surface area contributed by atoms with Crippen molar-refractivity contribution in [1.82, 2.24) is 0 Å². The minimum Gasteiger partial charge on any atom is -0.353 e. The highest BCUT2D eigenvalue weighted by atomic mass is 16.7. The van der Waals surface area contributed by atoms with Crippen molar-refractivity contribution in [1.29, 1.82) is 0 Å². The third-order valence-corrected chi connectivity index (χ3v) is 5.00. The van der Waals surface area contributed by atoms with Gasteiger partial charge in [-0.3, -0.25) is 0 Å². The first kappa shape index (κ1) is 21.7. The largest absolute Gasteiger partial charge is 0.353 e. The molecule has 1 unspecified atom stereocenters. The van der Waals surface area contributed by atoms with E-state index in [4.69, 9.17) is 9.47 Å². The van der Waals surface area contributed by atoms with Gasteiger partial charge in [-0.2, -0.15) is 0 Å². The van der Waals surface area contributed by atoms with E-state index in [1.54, 1.807) is 0 Å². The van der Waals surface area contributed by atoms with Gasteiger partial charge in [0.15, 0.2) is 6.29 Å². The maximum Gasteiger partial charge on any atom is 0.158 e. The number of rotatable bonds is 16. The molecule has 0 aromatic heterocycles. The second-order valence-electron chi connectivity index (χ2n) is 7.33. The van der Waals surface area contributed by atoms with Gasteiger partial charge in [-0.15, -0.1) is 0 Å². The molecule has 0 aromatic carbocycles. The molecule has 0 N–H and O–H groups in total. The maximum absolute atomic E-state index is 6.13. The van der Waals surface area contributed by atoms with Gasteiger partial charge >= 0.3 is 0 Å². The van der Waals surface area contributed by atoms with Crippen LogP contribution in [0.1, 0.15) is 110 Å². The normalized spacial score (nSPS) is 19.3. The molecule has 0 saturated carbocycles. The molecule has 1 heterocycles. The Hall–Kier alpha value is -0.340. The van der Waals surface area contributed by atoms with E-state index in [0.29, 0.717) is 6.10 Å². The van der Waals surface area contributed by atoms with Crippen molar-refractivity contribution in [2.24, 2.45) is 0 Å². The van der Waals surface area contributed by atoms with Crippen LogP contribution in [0.4, 0.5) is 0 Å². The van der Waals surface area contributed by atoms with E-state index in [1.807, 2.05) is 0 Å². The van der Waals surface area contributed by atoms with Crippen LogP contribution in [0.3, 0.4) is 0 Å². The summed E-state index contributed by atoms with van der Waals surface area (Å²) >= 11 is 0. The molecule has 1 rings (SSSR count). The standard InChI is InChI=1S/C22H42O2/c1-3-5-7-8-9-10-11-12-13-14-15-18-21(17-6-4-2)24-22-19-16-20-23-22/h4,6,21-22H,3,5,7-20H2,1-2H3/b6-4-/t21-,22?/m1/s1. The Balaban J connectivity index is 1.95. The summed E-state index contributed by atoms with van der Waals surface area (Å²) in [6.45, 7) is 5.25. The molecule has 0 aliphatic carbocycles. The van der Waals surface area contributed by atoms with Crippen LogP contribution in [0.15, 0.2) is 12.2 Å². The van der Waals surface area contributed by atoms with Crippen LogP contribution < -0.4 is 0 Å². The van der Waals surface area contributed by atoms with Crippen LogP contribution in [0, 0.1) is 0 Å². The summed E-state index contributed by atoms with van der Waals surface area (Å²) in [7, 11) is 0. The molecule has 0 aromatic rings. The molecular formula is C22H42O2. The second kappa shape index (κ2) is 16.1. The van der Waals surface area contributed by atoms with Crippen molar-refractivity contribution in [2.75, 3.05) is 6.61 Å². The lowest BCUT2D eigenvalue weighted by Crippen LogP contribution is -2.21. The maximum atomic E-state index is 6.13. The molecule has 2 nitrogen and oxygen atoms in total. The summed E-state index contributed by atoms with van der Waals surface area (Å²) in [6, 6.07) is 0. The van der Waals surface area contributed by atoms with E-state index in [-0.39, 0.29) is 6.29 Å². The van der Waals surface area contributed by atoms with Crippen LogP contribution in [0.25, 0.3) is 0 Å². The predicted molar refractivity (Wildman–Crippen MR) is 104 cm³/mol. The molecule has 1 fully saturated rings. The molecule has 24 heavy (non-hydrogen) atoms. The minimum atomic E-state index is 0.0629. The van der Waals surface area contributed by atoms with E-state index in [1.165, 1.54) is 77.0 Å². The number of unbranched alkanes of at least 4 members (excludes halogenated alkanes) is 10. The monoisotopic (exact) mass is 338 g/mol. The van der Waals surface area contributed by atoms with Crippen molar-refractivity contribution in [3.8, 4) is 0 Å². The van der Waals surface area contributed by atoms with E-state index in [9.17, 15) is 0 Å². The number of allylic oxidation sites excluding steroid dienone is 1. The lowest BCUT2D eigenvalue weighted by atomic mass is 10.0. The third kappa shape index (κ3) is 12.1. The fourth-order valence-electron chi connectivity index (χ4n) is 3.44. The molecule has 0 amide bonds. The van der Waals surface area contributed by atoms with Crippen LogP contribution in [0.5, 0.6) is 0 Å². The molecule has 2 heteroatoms. The van der Waals surface area contributed by atoms with Crippen LogP contribution >= 0.6 is 0 Å². The van der Waals surface area contributed by atoms with Gasteiger partial charge in [-0.05, 0) is 26.2 Å². The Bertz CT molecular complexity index is 282. The smallest absolute Gasteiger partial charge is 0.158 e. The Labute approximate surface area is 151 Å². The van der Waals surface area contributed by atoms with Crippen molar-refractivity contribution in [3.05, 3.63) is 12.2 Å². The van der Waals surface area contributed by atoms with Gasteiger partial charge in [0.1, 0.15) is 0 Å². The summed E-state index contributed by atoms with van der Waals surface area (Å²) in [5.74, 6) is 0. The van der Waals surface area contributed by atoms with Crippen molar-refractivity contribution < 1.29 is 9.47 Å². The second-order valence-corrected chi connectivity index (χ2v) is 7.33. The van der Waals surface area contributed by atoms with E-state index in [2.05, 4.69) is 26.0 Å². The van der Waals surface area contributed by atoms with Crippen molar-refractivity contribution in [3.63, 3.8) is 0 Å². The van der Waals surface area contributed by atoms with Gasteiger partial charge in [0, 0.05) is 13.0 Å². The summed E-state index contributed by atoms with van der Waals surface area (Å²) < 4.78 is 11.8. The Morgan fingerprint density at radius 2 is 1.58 bits per heavy atom. The first-order valence-electron chi connectivity index (χ1n) is 10.7. The van der Waals surface area contributed by atoms with Crippen LogP contribution in [-0.4, -0.2) is 19.0 Å². The van der Waals surface area contributed by atoms with Gasteiger partial charge in [0.05, 0.1) is 6.10 Å². The summed E-state index contributed by atoms with van der Waals surface area (Å²) in [5, 5.41) is 0. The highest BCUT2D eigenvalue weighted by Crippen LogP contribution is 2.20. The first-order chi connectivity index (χ1) is 11.9. The molecule has 0 radical (unpaired) electrons. The molecule has 1 aliphatic heterocycles. The molecule has 2 atom stereocenters. The average molecular weight is 339 g/mol. The first-order valence-corrected chi connectivity index (χ1v) is 10.7. The zero-order valence-electron chi connectivity index (χ0n) is 16.4. The van der Waals surface area contributed by atoms with Gasteiger partial charge in [-0.25, -0.2) is 0 Å². The highest BCUT2D eigenvalue weighted by molar-refractivity contribution is 4.81. The van der Waals surface area contributed by atoms with Gasteiger partial charge < -0.3 is 9.47 Å². The molecular weight excluding hydrogens is 296 g/mol. The zero-order valence-corrected chi connectivity index (χ0v) is 16.4. The number of ether oxygens (including phenoxy) is 2. The fourth-order valence-corrected chi connectivity index (χ4v) is 3.44. The van der Waals surface area contributed by atoms with Gasteiger partial charge in [0.2, 0.25) is 0 Å². The highest BCUT2D eigenvalue weighted by Gasteiger charge is 2.20. The van der Waals surface area contributed by atoms with E-state index >= 15 is 0 Å².